The van der Waals surface area contributed by atoms with Crippen LogP contribution in [0.4, 0.5) is 13.2 Å². The molecule has 37 heavy (non-hydrogen) atoms. The van der Waals surface area contributed by atoms with Crippen LogP contribution in [0, 0.1) is 11.8 Å². The van der Waals surface area contributed by atoms with E-state index >= 15 is 0 Å². The quantitative estimate of drug-likeness (QED) is 0.305. The number of nitrogens with one attached hydrogen (secondary N) is 1. The predicted molar refractivity (Wildman–Crippen MR) is 135 cm³/mol. The van der Waals surface area contributed by atoms with Gasteiger partial charge in [-0.3, -0.25) is 0 Å². The van der Waals surface area contributed by atoms with E-state index in [9.17, 15) is 28.2 Å². The molecule has 4 aromatic carbocycles. The van der Waals surface area contributed by atoms with Gasteiger partial charge in [-0.1, -0.05) is 48.5 Å². The van der Waals surface area contributed by atoms with E-state index in [0.717, 1.165) is 53.7 Å². The van der Waals surface area contributed by atoms with Crippen molar-refractivity contribution in [1.29, 1.82) is 0 Å². The maximum absolute atomic E-state index is 13.0. The summed E-state index contributed by atoms with van der Waals surface area (Å²) in [5.41, 5.74) is 2.31. The van der Waals surface area contributed by atoms with Crippen LogP contribution < -0.4 is 5.32 Å². The molecule has 1 aliphatic carbocycles. The third-order valence-corrected chi connectivity index (χ3v) is 8.00. The van der Waals surface area contributed by atoms with Gasteiger partial charge >= 0.3 is 12.1 Å². The molecule has 2 fully saturated rings. The summed E-state index contributed by atoms with van der Waals surface area (Å²) in [5, 5.41) is 25.9. The van der Waals surface area contributed by atoms with Crippen molar-refractivity contribution in [3.05, 3.63) is 95.6 Å². The first-order chi connectivity index (χ1) is 17.6. The monoisotopic (exact) mass is 503 g/mol. The van der Waals surface area contributed by atoms with Crippen molar-refractivity contribution in [2.45, 2.75) is 18.2 Å². The van der Waals surface area contributed by atoms with Crippen molar-refractivity contribution in [3.8, 4) is 22.3 Å². The van der Waals surface area contributed by atoms with Gasteiger partial charge in [0, 0.05) is 24.9 Å². The van der Waals surface area contributed by atoms with E-state index in [1.807, 2.05) is 36.4 Å². The lowest BCUT2D eigenvalue weighted by molar-refractivity contribution is -0.175. The highest BCUT2D eigenvalue weighted by atomic mass is 19.4. The number of benzene rings is 4. The maximum atomic E-state index is 13.0. The third kappa shape index (κ3) is 3.90. The lowest BCUT2D eigenvalue weighted by Crippen LogP contribution is -2.63. The van der Waals surface area contributed by atoms with Gasteiger partial charge in [-0.2, -0.15) is 13.2 Å². The number of hydrogen-bond donors (Lipinski definition) is 3. The number of piperidine rings is 2. The van der Waals surface area contributed by atoms with E-state index in [1.54, 1.807) is 18.2 Å². The number of carbonyl (C=O) groups is 1. The Bertz CT molecular complexity index is 1500. The first-order valence-electron chi connectivity index (χ1n) is 12.2. The Morgan fingerprint density at radius 3 is 2.05 bits per heavy atom. The molecule has 4 nitrogen and oxygen atoms in total. The van der Waals surface area contributed by atoms with E-state index in [-0.39, 0.29) is 17.4 Å². The summed E-state index contributed by atoms with van der Waals surface area (Å²) in [6.45, 7) is 1.59. The van der Waals surface area contributed by atoms with E-state index < -0.39 is 23.3 Å². The summed E-state index contributed by atoms with van der Waals surface area (Å²) in [6, 6.07) is 21.3. The van der Waals surface area contributed by atoms with Gasteiger partial charge < -0.3 is 15.5 Å². The van der Waals surface area contributed by atoms with Crippen molar-refractivity contribution in [3.63, 3.8) is 0 Å². The van der Waals surface area contributed by atoms with Crippen molar-refractivity contribution in [2.24, 2.45) is 11.8 Å². The molecule has 1 saturated carbocycles. The Balaban J connectivity index is 1.40. The molecule has 4 aromatic rings. The van der Waals surface area contributed by atoms with Gasteiger partial charge in [0.25, 0.3) is 0 Å². The second-order valence-electron chi connectivity index (χ2n) is 10.0. The number of aliphatic hydroxyl groups is 1. The Morgan fingerprint density at radius 2 is 1.46 bits per heavy atom. The molecule has 1 aliphatic heterocycles. The van der Waals surface area contributed by atoms with Crippen LogP contribution >= 0.6 is 0 Å². The summed E-state index contributed by atoms with van der Waals surface area (Å²) in [6.07, 6.45) is -3.40. The fraction of sp³-hybridized carbons (Fsp3) is 0.233. The highest BCUT2D eigenvalue weighted by molar-refractivity contribution is 6.04. The van der Waals surface area contributed by atoms with Crippen LogP contribution in [0.25, 0.3) is 33.0 Å². The van der Waals surface area contributed by atoms with Crippen LogP contribution in [0.2, 0.25) is 0 Å². The summed E-state index contributed by atoms with van der Waals surface area (Å²) in [4.78, 5) is 11.9. The highest BCUT2D eigenvalue weighted by Gasteiger charge is 2.56. The van der Waals surface area contributed by atoms with Gasteiger partial charge in [0.1, 0.15) is 0 Å². The zero-order chi connectivity index (χ0) is 25.9. The number of rotatable bonds is 4. The molecule has 2 bridgehead atoms. The van der Waals surface area contributed by atoms with Crippen molar-refractivity contribution < 1.29 is 28.2 Å². The van der Waals surface area contributed by atoms with Crippen LogP contribution in [-0.2, 0) is 11.8 Å². The summed E-state index contributed by atoms with van der Waals surface area (Å²) < 4.78 is 38.9. The molecule has 3 N–H and O–H groups in total. The Kier molecular flexibility index (Phi) is 5.40. The molecule has 188 valence electrons. The Hall–Kier alpha value is -3.68. The van der Waals surface area contributed by atoms with Crippen LogP contribution in [-0.4, -0.2) is 29.3 Å². The Morgan fingerprint density at radius 1 is 0.838 bits per heavy atom. The number of carboxylic acids is 1. The number of alkyl halides is 3. The van der Waals surface area contributed by atoms with Gasteiger partial charge in [-0.15, -0.1) is 0 Å². The molecule has 0 radical (unpaired) electrons. The topological polar surface area (TPSA) is 69.6 Å². The minimum absolute atomic E-state index is 0.120. The second-order valence-corrected chi connectivity index (χ2v) is 10.0. The molecule has 0 aromatic heterocycles. The fourth-order valence-corrected chi connectivity index (χ4v) is 5.94. The molecular formula is C30H24F3NO3. The molecule has 0 amide bonds. The number of halogens is 3. The zero-order valence-electron chi connectivity index (χ0n) is 19.7. The van der Waals surface area contributed by atoms with Crippen LogP contribution in [0.3, 0.4) is 0 Å². The van der Waals surface area contributed by atoms with Gasteiger partial charge in [-0.25, -0.2) is 4.79 Å². The van der Waals surface area contributed by atoms with Gasteiger partial charge in [0.2, 0.25) is 0 Å². The van der Waals surface area contributed by atoms with Gasteiger partial charge in [-0.05, 0) is 75.3 Å². The first-order valence-corrected chi connectivity index (χ1v) is 12.2. The van der Waals surface area contributed by atoms with E-state index in [0.29, 0.717) is 16.5 Å². The van der Waals surface area contributed by atoms with Crippen LogP contribution in [0.5, 0.6) is 0 Å². The minimum Gasteiger partial charge on any atom is -0.478 e. The standard InChI is InChI=1S/C30H24F3NO3/c31-30(32,33)23-8-1-17(2-9-23)19-5-10-26-20(11-19)12-21(28(35)36)13-27(26)18-3-6-22(7-4-18)29(37)24-14-25(29)16-34-15-24/h1-13,24-25,34,37H,14-16H2,(H,35,36)/t24-,25+,29?. The minimum atomic E-state index is -4.41. The molecule has 0 spiro atoms. The third-order valence-electron chi connectivity index (χ3n) is 8.00. The van der Waals surface area contributed by atoms with Crippen LogP contribution in [0.15, 0.2) is 78.9 Å². The molecule has 6 rings (SSSR count). The molecule has 1 heterocycles. The number of carboxylic acid groups (broad SMARTS) is 1. The molecule has 1 saturated heterocycles. The average molecular weight is 504 g/mol. The van der Waals surface area contributed by atoms with Gasteiger partial charge in [0.05, 0.1) is 16.7 Å². The molecule has 2 aliphatic rings. The number of hydrogen-bond acceptors (Lipinski definition) is 3. The normalized spacial score (nSPS) is 23.0. The van der Waals surface area contributed by atoms with Crippen molar-refractivity contribution in [1.82, 2.24) is 5.32 Å². The van der Waals surface area contributed by atoms with Crippen molar-refractivity contribution >= 4 is 16.7 Å². The summed E-state index contributed by atoms with van der Waals surface area (Å²) in [7, 11) is 0. The average Bonchev–Trinajstić information content (AvgIpc) is 2.91. The maximum Gasteiger partial charge on any atom is 0.416 e. The fourth-order valence-electron chi connectivity index (χ4n) is 5.94. The lowest BCUT2D eigenvalue weighted by atomic mass is 9.56. The lowest BCUT2D eigenvalue weighted by Gasteiger charge is -2.56. The van der Waals surface area contributed by atoms with Crippen LogP contribution in [0.1, 0.15) is 27.9 Å². The largest absolute Gasteiger partial charge is 0.478 e. The SMILES string of the molecule is O=C(O)c1cc(-c2ccc(C3(O)[C@@H]4CNC[C@H]3C4)cc2)c2ccc(-c3ccc(C(F)(F)F)cc3)cc2c1. The molecule has 1 unspecified atom stereocenters. The smallest absolute Gasteiger partial charge is 0.416 e. The predicted octanol–water partition coefficient (Wildman–Crippen LogP) is 6.32. The van der Waals surface area contributed by atoms with Gasteiger partial charge in [0.15, 0.2) is 0 Å². The zero-order valence-corrected chi connectivity index (χ0v) is 19.7. The second kappa shape index (κ2) is 8.43. The van der Waals surface area contributed by atoms with E-state index in [2.05, 4.69) is 5.32 Å². The molecular weight excluding hydrogens is 479 g/mol. The molecule has 3 atom stereocenters. The highest BCUT2D eigenvalue weighted by Crippen LogP contribution is 2.53. The van der Waals surface area contributed by atoms with Crippen molar-refractivity contribution in [2.75, 3.05) is 13.1 Å². The van der Waals surface area contributed by atoms with E-state index in [1.165, 1.54) is 12.1 Å². The molecule has 7 heteroatoms. The Labute approximate surface area is 211 Å². The number of fused-ring (bicyclic) bond motifs is 3. The number of aromatic carboxylic acids is 1. The van der Waals surface area contributed by atoms with E-state index in [4.69, 9.17) is 0 Å². The summed E-state index contributed by atoms with van der Waals surface area (Å²) in [5.74, 6) is -0.683. The first kappa shape index (κ1) is 23.7. The summed E-state index contributed by atoms with van der Waals surface area (Å²) >= 11 is 0.